The highest BCUT2D eigenvalue weighted by molar-refractivity contribution is 5.87. The van der Waals surface area contributed by atoms with Crippen molar-refractivity contribution in [3.05, 3.63) is 113 Å². The number of nitrogens with two attached hydrogens (primary N) is 2. The van der Waals surface area contributed by atoms with Gasteiger partial charge >= 0.3 is 12.1 Å². The molecule has 7 nitrogen and oxygen atoms in total. The molecule has 0 saturated heterocycles. The maximum absolute atomic E-state index is 14.7. The van der Waals surface area contributed by atoms with Gasteiger partial charge in [-0.2, -0.15) is 14.0 Å². The Morgan fingerprint density at radius 3 is 2.21 bits per heavy atom. The van der Waals surface area contributed by atoms with Crippen LogP contribution in [0, 0.1) is 18.3 Å². The molecule has 4 aromatic rings. The summed E-state index contributed by atoms with van der Waals surface area (Å²) in [5, 5.41) is 8.55. The predicted octanol–water partition coefficient (Wildman–Crippen LogP) is 7.00. The molecule has 0 aliphatic rings. The first-order chi connectivity index (χ1) is 20.1. The second-order valence-electron chi connectivity index (χ2n) is 9.40. The minimum Gasteiger partial charge on any atom is -0.493 e. The van der Waals surface area contributed by atoms with Crippen molar-refractivity contribution >= 4 is 23.4 Å². The van der Waals surface area contributed by atoms with Gasteiger partial charge in [-0.25, -0.2) is 4.79 Å². The molecule has 0 aliphatic heterocycles. The van der Waals surface area contributed by atoms with E-state index in [4.69, 9.17) is 30.9 Å². The molecular weight excluding hydrogens is 540 g/mol. The van der Waals surface area contributed by atoms with Gasteiger partial charge in [0.1, 0.15) is 24.7 Å². The number of hydrogen-bond donors (Lipinski definition) is 2. The van der Waals surface area contributed by atoms with Gasteiger partial charge in [-0.1, -0.05) is 24.3 Å². The van der Waals surface area contributed by atoms with Gasteiger partial charge in [0.25, 0.3) is 0 Å². The number of carbonyl (C=O) groups is 1. The van der Waals surface area contributed by atoms with E-state index in [1.54, 1.807) is 24.3 Å². The molecule has 0 heterocycles. The van der Waals surface area contributed by atoms with Crippen LogP contribution in [0.2, 0.25) is 0 Å². The molecule has 0 aliphatic carbocycles. The molecule has 4 N–H and O–H groups in total. The summed E-state index contributed by atoms with van der Waals surface area (Å²) >= 11 is 0. The van der Waals surface area contributed by atoms with E-state index < -0.39 is 12.1 Å². The third kappa shape index (κ3) is 7.86. The lowest BCUT2D eigenvalue weighted by Crippen LogP contribution is -2.21. The SMILES string of the molecule is Cc1cc(N)ccc1-c1ccc(N)cc1COC(=O)/C=C/c1ccc(OC(F)(F)c2ccc(OCCC#N)cc2)cc1. The average molecular weight is 570 g/mol. The van der Waals surface area contributed by atoms with E-state index in [-0.39, 0.29) is 30.9 Å². The van der Waals surface area contributed by atoms with Gasteiger partial charge in [-0.3, -0.25) is 0 Å². The Bertz CT molecular complexity index is 1610. The van der Waals surface area contributed by atoms with Crippen molar-refractivity contribution in [1.82, 2.24) is 0 Å². The molecule has 0 radical (unpaired) electrons. The van der Waals surface area contributed by atoms with Gasteiger partial charge in [-0.05, 0) is 101 Å². The van der Waals surface area contributed by atoms with Gasteiger partial charge in [-0.15, -0.1) is 0 Å². The highest BCUT2D eigenvalue weighted by Crippen LogP contribution is 2.33. The molecule has 4 rings (SSSR count). The maximum atomic E-state index is 14.7. The lowest BCUT2D eigenvalue weighted by Gasteiger charge is -2.18. The molecule has 0 unspecified atom stereocenters. The van der Waals surface area contributed by atoms with E-state index in [0.717, 1.165) is 22.3 Å². The maximum Gasteiger partial charge on any atom is 0.426 e. The van der Waals surface area contributed by atoms with Gasteiger partial charge in [0, 0.05) is 17.5 Å². The topological polar surface area (TPSA) is 121 Å². The minimum atomic E-state index is -3.59. The van der Waals surface area contributed by atoms with Crippen molar-refractivity contribution in [2.45, 2.75) is 26.1 Å². The molecule has 0 aromatic heterocycles. The highest BCUT2D eigenvalue weighted by Gasteiger charge is 2.34. The summed E-state index contributed by atoms with van der Waals surface area (Å²) < 4.78 is 45.0. The second-order valence-corrected chi connectivity index (χ2v) is 9.40. The van der Waals surface area contributed by atoms with E-state index >= 15 is 0 Å². The molecule has 0 atom stereocenters. The molecule has 9 heteroatoms. The van der Waals surface area contributed by atoms with Crippen molar-refractivity contribution in [2.24, 2.45) is 0 Å². The minimum absolute atomic E-state index is 0.00218. The summed E-state index contributed by atoms with van der Waals surface area (Å²) in [6, 6.07) is 24.0. The number of rotatable bonds is 11. The number of ether oxygens (including phenoxy) is 3. The molecule has 4 aromatic carbocycles. The number of aryl methyl sites for hydroxylation is 1. The fourth-order valence-corrected chi connectivity index (χ4v) is 4.16. The number of nitrogen functional groups attached to an aromatic ring is 2. The summed E-state index contributed by atoms with van der Waals surface area (Å²) in [7, 11) is 0. The Balaban J connectivity index is 1.35. The fourth-order valence-electron chi connectivity index (χ4n) is 4.16. The van der Waals surface area contributed by atoms with E-state index in [2.05, 4.69) is 0 Å². The Hall–Kier alpha value is -5.36. The number of halogens is 2. The first-order valence-electron chi connectivity index (χ1n) is 13.0. The molecular formula is C33H29F2N3O4. The smallest absolute Gasteiger partial charge is 0.426 e. The van der Waals surface area contributed by atoms with Gasteiger partial charge in [0.2, 0.25) is 0 Å². The summed E-state index contributed by atoms with van der Waals surface area (Å²) in [4.78, 5) is 12.4. The Kier molecular flexibility index (Phi) is 9.40. The van der Waals surface area contributed by atoms with E-state index in [1.807, 2.05) is 37.3 Å². The molecule has 0 spiro atoms. The second kappa shape index (κ2) is 13.3. The lowest BCUT2D eigenvalue weighted by atomic mass is 9.95. The fraction of sp³-hybridized carbons (Fsp3) is 0.152. The first kappa shape index (κ1) is 29.6. The Morgan fingerprint density at radius 1 is 0.905 bits per heavy atom. The first-order valence-corrected chi connectivity index (χ1v) is 13.0. The predicted molar refractivity (Wildman–Crippen MR) is 157 cm³/mol. The Morgan fingerprint density at radius 2 is 1.55 bits per heavy atom. The van der Waals surface area contributed by atoms with E-state index in [9.17, 15) is 13.6 Å². The third-order valence-corrected chi connectivity index (χ3v) is 6.25. The van der Waals surface area contributed by atoms with Crippen LogP contribution in [0.15, 0.2) is 91.0 Å². The number of nitrogens with zero attached hydrogens (tertiary/aromatic N) is 1. The normalized spacial score (nSPS) is 11.2. The number of hydrogen-bond acceptors (Lipinski definition) is 7. The van der Waals surface area contributed by atoms with Crippen LogP contribution in [-0.4, -0.2) is 12.6 Å². The zero-order chi connectivity index (χ0) is 30.1. The van der Waals surface area contributed by atoms with Crippen LogP contribution in [0.25, 0.3) is 17.2 Å². The van der Waals surface area contributed by atoms with Crippen LogP contribution < -0.4 is 20.9 Å². The molecule has 42 heavy (non-hydrogen) atoms. The van der Waals surface area contributed by atoms with Gasteiger partial charge in [0.15, 0.2) is 0 Å². The summed E-state index contributed by atoms with van der Waals surface area (Å²) in [6.45, 7) is 2.13. The van der Waals surface area contributed by atoms with Crippen molar-refractivity contribution in [1.29, 1.82) is 5.26 Å². The van der Waals surface area contributed by atoms with Gasteiger partial charge in [0.05, 0.1) is 18.1 Å². The van der Waals surface area contributed by atoms with Crippen LogP contribution in [-0.2, 0) is 22.2 Å². The van der Waals surface area contributed by atoms with Crippen molar-refractivity contribution in [3.8, 4) is 28.7 Å². The molecule has 214 valence electrons. The monoisotopic (exact) mass is 569 g/mol. The summed E-state index contributed by atoms with van der Waals surface area (Å²) in [5.41, 5.74) is 16.8. The third-order valence-electron chi connectivity index (χ3n) is 6.25. The van der Waals surface area contributed by atoms with Crippen LogP contribution >= 0.6 is 0 Å². The van der Waals surface area contributed by atoms with Crippen LogP contribution in [0.3, 0.4) is 0 Å². The number of benzene rings is 4. The highest BCUT2D eigenvalue weighted by atomic mass is 19.3. The van der Waals surface area contributed by atoms with Crippen LogP contribution in [0.4, 0.5) is 20.2 Å². The Labute approximate surface area is 242 Å². The van der Waals surface area contributed by atoms with E-state index in [0.29, 0.717) is 22.7 Å². The summed E-state index contributed by atoms with van der Waals surface area (Å²) in [6.07, 6.45) is -0.621. The zero-order valence-corrected chi connectivity index (χ0v) is 22.8. The number of nitriles is 1. The number of anilines is 2. The van der Waals surface area contributed by atoms with Crippen molar-refractivity contribution < 1.29 is 27.8 Å². The lowest BCUT2D eigenvalue weighted by molar-refractivity contribution is -0.185. The largest absolute Gasteiger partial charge is 0.493 e. The zero-order valence-electron chi connectivity index (χ0n) is 22.8. The molecule has 0 amide bonds. The van der Waals surface area contributed by atoms with Gasteiger partial charge < -0.3 is 25.7 Å². The van der Waals surface area contributed by atoms with Crippen molar-refractivity contribution in [2.75, 3.05) is 18.1 Å². The van der Waals surface area contributed by atoms with Crippen LogP contribution in [0.1, 0.15) is 28.7 Å². The molecule has 0 fully saturated rings. The summed E-state index contributed by atoms with van der Waals surface area (Å²) in [5.74, 6) is -0.254. The van der Waals surface area contributed by atoms with E-state index in [1.165, 1.54) is 48.6 Å². The number of alkyl halides is 2. The molecule has 0 bridgehead atoms. The van der Waals surface area contributed by atoms with Crippen molar-refractivity contribution in [3.63, 3.8) is 0 Å². The van der Waals surface area contributed by atoms with Crippen LogP contribution in [0.5, 0.6) is 11.5 Å². The number of esters is 1. The number of carbonyl (C=O) groups excluding carboxylic acids is 1. The molecule has 0 saturated carbocycles. The standard InChI is InChI=1S/C33H29F2N3O4/c1-22-19-26(37)8-14-30(22)31-15-9-27(38)20-24(31)21-41-32(39)16-5-23-3-10-29(11-4-23)42-33(34,35)25-6-12-28(13-7-25)40-18-2-17-36/h3-16,19-20H,2,18,21,37-38H2,1H3/b16-5+. The average Bonchev–Trinajstić information content (AvgIpc) is 2.96. The quantitative estimate of drug-likeness (QED) is 0.0863.